The van der Waals surface area contributed by atoms with Gasteiger partial charge >= 0.3 is 0 Å². The summed E-state index contributed by atoms with van der Waals surface area (Å²) in [6.07, 6.45) is 1.59. The van der Waals surface area contributed by atoms with Crippen LogP contribution in [-0.4, -0.2) is 22.8 Å². The molecule has 0 fully saturated rings. The Balaban J connectivity index is 2.07. The second-order valence-corrected chi connectivity index (χ2v) is 4.66. The number of aromatic nitrogens is 1. The van der Waals surface area contributed by atoms with Crippen LogP contribution < -0.4 is 0 Å². The van der Waals surface area contributed by atoms with E-state index in [0.29, 0.717) is 17.7 Å². The molecule has 0 aliphatic carbocycles. The smallest absolute Gasteiger partial charge is 0.255 e. The lowest BCUT2D eigenvalue weighted by Crippen LogP contribution is -2.26. The van der Waals surface area contributed by atoms with E-state index in [-0.39, 0.29) is 5.91 Å². The standard InChI is InChI=1S/C16H15N3O/c1-12-3-8-15(10-18-12)16(20)19(2)11-14-6-4-13(9-17)5-7-14/h3-8,10H,11H2,1-2H3. The van der Waals surface area contributed by atoms with Crippen LogP contribution in [-0.2, 0) is 6.54 Å². The molecule has 0 atom stereocenters. The number of carbonyl (C=O) groups excluding carboxylic acids is 1. The Morgan fingerprint density at radius 3 is 2.50 bits per heavy atom. The van der Waals surface area contributed by atoms with Crippen molar-refractivity contribution in [2.75, 3.05) is 7.05 Å². The van der Waals surface area contributed by atoms with Crippen LogP contribution >= 0.6 is 0 Å². The molecule has 4 nitrogen and oxygen atoms in total. The topological polar surface area (TPSA) is 57.0 Å². The first-order chi connectivity index (χ1) is 9.60. The van der Waals surface area contributed by atoms with Crippen molar-refractivity contribution in [2.45, 2.75) is 13.5 Å². The monoisotopic (exact) mass is 265 g/mol. The first-order valence-electron chi connectivity index (χ1n) is 6.27. The van der Waals surface area contributed by atoms with E-state index in [4.69, 9.17) is 5.26 Å². The lowest BCUT2D eigenvalue weighted by atomic mass is 10.1. The zero-order valence-electron chi connectivity index (χ0n) is 11.5. The van der Waals surface area contributed by atoms with Gasteiger partial charge in [0.2, 0.25) is 0 Å². The molecule has 0 aliphatic heterocycles. The van der Waals surface area contributed by atoms with Crippen LogP contribution in [0.25, 0.3) is 0 Å². The molecular weight excluding hydrogens is 250 g/mol. The van der Waals surface area contributed by atoms with Gasteiger partial charge in [0.05, 0.1) is 17.2 Å². The van der Waals surface area contributed by atoms with Gasteiger partial charge in [-0.15, -0.1) is 0 Å². The Morgan fingerprint density at radius 2 is 1.95 bits per heavy atom. The van der Waals surface area contributed by atoms with Crippen molar-refractivity contribution >= 4 is 5.91 Å². The van der Waals surface area contributed by atoms with Crippen molar-refractivity contribution in [1.82, 2.24) is 9.88 Å². The number of amides is 1. The summed E-state index contributed by atoms with van der Waals surface area (Å²) in [6, 6.07) is 12.9. The third-order valence-corrected chi connectivity index (χ3v) is 3.01. The van der Waals surface area contributed by atoms with E-state index in [9.17, 15) is 4.79 Å². The van der Waals surface area contributed by atoms with E-state index >= 15 is 0 Å². The van der Waals surface area contributed by atoms with Crippen LogP contribution in [0.2, 0.25) is 0 Å². The summed E-state index contributed by atoms with van der Waals surface area (Å²) in [7, 11) is 1.75. The lowest BCUT2D eigenvalue weighted by molar-refractivity contribution is 0.0784. The molecule has 0 saturated heterocycles. The fourth-order valence-electron chi connectivity index (χ4n) is 1.85. The van der Waals surface area contributed by atoms with Crippen LogP contribution in [0.15, 0.2) is 42.6 Å². The number of nitriles is 1. The number of pyridine rings is 1. The van der Waals surface area contributed by atoms with E-state index < -0.39 is 0 Å². The van der Waals surface area contributed by atoms with Gasteiger partial charge in [-0.25, -0.2) is 0 Å². The van der Waals surface area contributed by atoms with Gasteiger partial charge in [-0.2, -0.15) is 5.26 Å². The Kier molecular flexibility index (Phi) is 4.11. The Hall–Kier alpha value is -2.67. The normalized spacial score (nSPS) is 9.85. The summed E-state index contributed by atoms with van der Waals surface area (Å²) >= 11 is 0. The Labute approximate surface area is 118 Å². The lowest BCUT2D eigenvalue weighted by Gasteiger charge is -2.17. The van der Waals surface area contributed by atoms with Gasteiger partial charge in [-0.05, 0) is 36.8 Å². The van der Waals surface area contributed by atoms with Crippen molar-refractivity contribution in [3.63, 3.8) is 0 Å². The highest BCUT2D eigenvalue weighted by Crippen LogP contribution is 2.09. The van der Waals surface area contributed by atoms with Crippen molar-refractivity contribution < 1.29 is 4.79 Å². The second kappa shape index (κ2) is 5.98. The maximum atomic E-state index is 12.2. The SMILES string of the molecule is Cc1ccc(C(=O)N(C)Cc2ccc(C#N)cc2)cn1. The zero-order valence-corrected chi connectivity index (χ0v) is 11.5. The molecule has 1 amide bonds. The number of hydrogen-bond donors (Lipinski definition) is 0. The van der Waals surface area contributed by atoms with E-state index in [1.54, 1.807) is 36.3 Å². The average molecular weight is 265 g/mol. The molecule has 1 heterocycles. The molecule has 100 valence electrons. The minimum absolute atomic E-state index is 0.0677. The number of aryl methyl sites for hydroxylation is 1. The minimum atomic E-state index is -0.0677. The van der Waals surface area contributed by atoms with Crippen molar-refractivity contribution in [1.29, 1.82) is 5.26 Å². The van der Waals surface area contributed by atoms with Crippen LogP contribution in [0, 0.1) is 18.3 Å². The fraction of sp³-hybridized carbons (Fsp3) is 0.188. The fourth-order valence-corrected chi connectivity index (χ4v) is 1.85. The molecule has 0 radical (unpaired) electrons. The van der Waals surface area contributed by atoms with Crippen LogP contribution in [0.4, 0.5) is 0 Å². The molecule has 0 N–H and O–H groups in total. The molecule has 0 saturated carbocycles. The first-order valence-corrected chi connectivity index (χ1v) is 6.27. The molecule has 1 aromatic carbocycles. The Bertz CT molecular complexity index is 639. The second-order valence-electron chi connectivity index (χ2n) is 4.66. The number of benzene rings is 1. The minimum Gasteiger partial charge on any atom is -0.337 e. The Morgan fingerprint density at radius 1 is 1.25 bits per heavy atom. The molecule has 0 aliphatic rings. The molecule has 0 bridgehead atoms. The quantitative estimate of drug-likeness (QED) is 0.857. The van der Waals surface area contributed by atoms with Crippen molar-refractivity contribution in [2.24, 2.45) is 0 Å². The summed E-state index contributed by atoms with van der Waals surface area (Å²) in [4.78, 5) is 18.0. The highest BCUT2D eigenvalue weighted by Gasteiger charge is 2.12. The predicted molar refractivity (Wildman–Crippen MR) is 75.9 cm³/mol. The third-order valence-electron chi connectivity index (χ3n) is 3.01. The van der Waals surface area contributed by atoms with Gasteiger partial charge in [0.15, 0.2) is 0 Å². The predicted octanol–water partition coefficient (Wildman–Crippen LogP) is 2.53. The van der Waals surface area contributed by atoms with Gasteiger partial charge in [0, 0.05) is 25.5 Å². The highest BCUT2D eigenvalue weighted by atomic mass is 16.2. The van der Waals surface area contributed by atoms with Crippen molar-refractivity contribution in [3.8, 4) is 6.07 Å². The molecule has 1 aromatic heterocycles. The molecule has 0 spiro atoms. The summed E-state index contributed by atoms with van der Waals surface area (Å²) in [5.74, 6) is -0.0677. The highest BCUT2D eigenvalue weighted by molar-refractivity contribution is 5.93. The van der Waals surface area contributed by atoms with Gasteiger partial charge in [0.1, 0.15) is 0 Å². The molecule has 0 unspecified atom stereocenters. The van der Waals surface area contributed by atoms with E-state index in [0.717, 1.165) is 11.3 Å². The van der Waals surface area contributed by atoms with E-state index in [2.05, 4.69) is 11.1 Å². The number of carbonyl (C=O) groups is 1. The zero-order chi connectivity index (χ0) is 14.5. The number of rotatable bonds is 3. The summed E-state index contributed by atoms with van der Waals surface area (Å²) < 4.78 is 0. The summed E-state index contributed by atoms with van der Waals surface area (Å²) in [5.41, 5.74) is 3.06. The van der Waals surface area contributed by atoms with Crippen LogP contribution in [0.3, 0.4) is 0 Å². The molecule has 2 rings (SSSR count). The van der Waals surface area contributed by atoms with E-state index in [1.165, 1.54) is 0 Å². The number of nitrogens with zero attached hydrogens (tertiary/aromatic N) is 3. The molecule has 2 aromatic rings. The first kappa shape index (κ1) is 13.8. The number of hydrogen-bond acceptors (Lipinski definition) is 3. The molecule has 4 heteroatoms. The van der Waals surface area contributed by atoms with E-state index in [1.807, 2.05) is 25.1 Å². The van der Waals surface area contributed by atoms with Gasteiger partial charge in [-0.1, -0.05) is 12.1 Å². The van der Waals surface area contributed by atoms with Crippen molar-refractivity contribution in [3.05, 3.63) is 65.0 Å². The largest absolute Gasteiger partial charge is 0.337 e. The third kappa shape index (κ3) is 3.21. The van der Waals surface area contributed by atoms with Gasteiger partial charge < -0.3 is 4.90 Å². The maximum absolute atomic E-state index is 12.2. The van der Waals surface area contributed by atoms with Gasteiger partial charge in [-0.3, -0.25) is 9.78 Å². The summed E-state index contributed by atoms with van der Waals surface area (Å²) in [5, 5.41) is 8.75. The van der Waals surface area contributed by atoms with Crippen LogP contribution in [0.5, 0.6) is 0 Å². The molecular formula is C16H15N3O. The van der Waals surface area contributed by atoms with Crippen LogP contribution in [0.1, 0.15) is 27.2 Å². The average Bonchev–Trinajstić information content (AvgIpc) is 2.48. The maximum Gasteiger partial charge on any atom is 0.255 e. The molecule has 20 heavy (non-hydrogen) atoms. The summed E-state index contributed by atoms with van der Waals surface area (Å²) in [6.45, 7) is 2.38. The van der Waals surface area contributed by atoms with Gasteiger partial charge in [0.25, 0.3) is 5.91 Å².